The minimum Gasteiger partial charge on any atom is -0.497 e. The van der Waals surface area contributed by atoms with E-state index in [4.69, 9.17) is 9.47 Å². The number of amides is 2. The van der Waals surface area contributed by atoms with Crippen molar-refractivity contribution in [1.82, 2.24) is 20.1 Å². The number of benzene rings is 3. The lowest BCUT2D eigenvalue weighted by molar-refractivity contribution is -0.137. The highest BCUT2D eigenvalue weighted by molar-refractivity contribution is 7.99. The van der Waals surface area contributed by atoms with E-state index in [0.29, 0.717) is 40.3 Å². The van der Waals surface area contributed by atoms with Gasteiger partial charge in [-0.2, -0.15) is 13.2 Å². The average Bonchev–Trinajstić information content (AvgIpc) is 3.38. The molecular formula is C28H26F3N5O4S. The first-order valence-electron chi connectivity index (χ1n) is 12.4. The third-order valence-corrected chi connectivity index (χ3v) is 6.63. The summed E-state index contributed by atoms with van der Waals surface area (Å²) in [5, 5.41) is 13.8. The molecule has 2 amide bonds. The van der Waals surface area contributed by atoms with Crippen molar-refractivity contribution in [3.63, 3.8) is 0 Å². The Labute approximate surface area is 238 Å². The van der Waals surface area contributed by atoms with Crippen molar-refractivity contribution in [1.29, 1.82) is 0 Å². The van der Waals surface area contributed by atoms with Gasteiger partial charge in [0.15, 0.2) is 11.0 Å². The van der Waals surface area contributed by atoms with E-state index in [0.717, 1.165) is 17.8 Å². The first kappa shape index (κ1) is 29.5. The summed E-state index contributed by atoms with van der Waals surface area (Å²) in [5.74, 6) is 0.411. The quantitative estimate of drug-likeness (QED) is 0.229. The van der Waals surface area contributed by atoms with Gasteiger partial charge in [-0.15, -0.1) is 10.2 Å². The second-order valence-electron chi connectivity index (χ2n) is 8.45. The van der Waals surface area contributed by atoms with Crippen LogP contribution >= 0.6 is 11.8 Å². The first-order valence-corrected chi connectivity index (χ1v) is 13.4. The van der Waals surface area contributed by atoms with Crippen LogP contribution in [0.4, 0.5) is 18.9 Å². The Morgan fingerprint density at radius 3 is 2.29 bits per heavy atom. The van der Waals surface area contributed by atoms with Gasteiger partial charge in [0, 0.05) is 11.3 Å². The molecule has 0 fully saturated rings. The average molecular weight is 586 g/mol. The van der Waals surface area contributed by atoms with E-state index in [1.165, 1.54) is 25.3 Å². The lowest BCUT2D eigenvalue weighted by Gasteiger charge is -2.14. The Morgan fingerprint density at radius 1 is 0.951 bits per heavy atom. The number of halogens is 3. The van der Waals surface area contributed by atoms with Crippen LogP contribution in [0.15, 0.2) is 78.0 Å². The molecule has 3 aromatic carbocycles. The molecule has 0 unspecified atom stereocenters. The molecule has 0 atom stereocenters. The predicted octanol–water partition coefficient (Wildman–Crippen LogP) is 5.35. The van der Waals surface area contributed by atoms with Crippen LogP contribution in [0.5, 0.6) is 11.5 Å². The number of ether oxygens (including phenoxy) is 2. The number of anilines is 1. The normalized spacial score (nSPS) is 11.1. The molecule has 0 aliphatic heterocycles. The minimum atomic E-state index is -4.62. The van der Waals surface area contributed by atoms with Crippen molar-refractivity contribution in [2.45, 2.75) is 24.8 Å². The number of carbonyl (C=O) groups excluding carboxylic acids is 2. The maximum atomic E-state index is 13.3. The monoisotopic (exact) mass is 585 g/mol. The van der Waals surface area contributed by atoms with Crippen LogP contribution in [0.1, 0.15) is 28.7 Å². The van der Waals surface area contributed by atoms with Crippen LogP contribution in [0.25, 0.3) is 5.69 Å². The van der Waals surface area contributed by atoms with Crippen molar-refractivity contribution in [2.24, 2.45) is 0 Å². The zero-order valence-electron chi connectivity index (χ0n) is 22.1. The van der Waals surface area contributed by atoms with Gasteiger partial charge in [-0.05, 0) is 67.6 Å². The molecule has 2 N–H and O–H groups in total. The Kier molecular flexibility index (Phi) is 9.50. The van der Waals surface area contributed by atoms with Gasteiger partial charge >= 0.3 is 6.18 Å². The summed E-state index contributed by atoms with van der Waals surface area (Å²) in [6.07, 6.45) is -4.62. The van der Waals surface area contributed by atoms with Crippen LogP contribution < -0.4 is 20.1 Å². The lowest BCUT2D eigenvalue weighted by Crippen LogP contribution is -2.24. The summed E-state index contributed by atoms with van der Waals surface area (Å²) >= 11 is 0.991. The molecule has 0 bridgehead atoms. The number of nitrogens with zero attached hydrogens (tertiary/aromatic N) is 3. The van der Waals surface area contributed by atoms with Crippen LogP contribution in [0, 0.1) is 0 Å². The number of rotatable bonds is 11. The van der Waals surface area contributed by atoms with Crippen molar-refractivity contribution >= 4 is 29.3 Å². The molecule has 4 rings (SSSR count). The van der Waals surface area contributed by atoms with Gasteiger partial charge in [-0.25, -0.2) is 0 Å². The maximum absolute atomic E-state index is 13.3. The van der Waals surface area contributed by atoms with Crippen molar-refractivity contribution in [3.05, 3.63) is 89.7 Å². The van der Waals surface area contributed by atoms with Gasteiger partial charge in [0.05, 0.1) is 37.3 Å². The number of nitrogens with one attached hydrogen (secondary N) is 2. The van der Waals surface area contributed by atoms with Crippen molar-refractivity contribution in [3.8, 4) is 17.2 Å². The number of hydrogen-bond acceptors (Lipinski definition) is 7. The number of carbonyl (C=O) groups is 2. The number of alkyl halides is 3. The van der Waals surface area contributed by atoms with Gasteiger partial charge in [0.25, 0.3) is 5.91 Å². The van der Waals surface area contributed by atoms with Gasteiger partial charge in [-0.1, -0.05) is 23.9 Å². The molecule has 0 saturated heterocycles. The zero-order chi connectivity index (χ0) is 29.4. The van der Waals surface area contributed by atoms with Crippen LogP contribution in [-0.2, 0) is 17.5 Å². The molecule has 214 valence electrons. The highest BCUT2D eigenvalue weighted by Crippen LogP contribution is 2.34. The van der Waals surface area contributed by atoms with E-state index in [1.54, 1.807) is 53.1 Å². The molecule has 0 saturated carbocycles. The summed E-state index contributed by atoms with van der Waals surface area (Å²) < 4.78 is 52.2. The Morgan fingerprint density at radius 2 is 1.63 bits per heavy atom. The molecule has 1 heterocycles. The fraction of sp³-hybridized carbons (Fsp3) is 0.214. The van der Waals surface area contributed by atoms with E-state index >= 15 is 0 Å². The number of aromatic nitrogens is 3. The Balaban J connectivity index is 1.52. The summed E-state index contributed by atoms with van der Waals surface area (Å²) in [7, 11) is 1.53. The summed E-state index contributed by atoms with van der Waals surface area (Å²) in [4.78, 5) is 25.3. The van der Waals surface area contributed by atoms with Crippen LogP contribution in [0.3, 0.4) is 0 Å². The molecule has 9 nitrogen and oxygen atoms in total. The van der Waals surface area contributed by atoms with E-state index in [9.17, 15) is 22.8 Å². The zero-order valence-corrected chi connectivity index (χ0v) is 22.9. The molecule has 41 heavy (non-hydrogen) atoms. The smallest absolute Gasteiger partial charge is 0.418 e. The first-order chi connectivity index (χ1) is 19.7. The van der Waals surface area contributed by atoms with E-state index in [2.05, 4.69) is 20.8 Å². The molecule has 0 aliphatic carbocycles. The molecule has 4 aromatic rings. The SMILES string of the molecule is CCOc1ccc(-n2c(CNC(=O)c3ccc(OC)cc3)nnc2SCC(=O)Nc2ccccc2C(F)(F)F)cc1. The maximum Gasteiger partial charge on any atom is 0.418 e. The summed E-state index contributed by atoms with van der Waals surface area (Å²) in [6.45, 7) is 2.36. The Bertz CT molecular complexity index is 1490. The molecule has 0 aliphatic rings. The van der Waals surface area contributed by atoms with Gasteiger partial charge in [0.2, 0.25) is 5.91 Å². The second-order valence-corrected chi connectivity index (χ2v) is 9.39. The predicted molar refractivity (Wildman–Crippen MR) is 147 cm³/mol. The molecular weight excluding hydrogens is 559 g/mol. The number of para-hydroxylation sites is 1. The van der Waals surface area contributed by atoms with Crippen LogP contribution in [-0.4, -0.2) is 46.0 Å². The van der Waals surface area contributed by atoms with Crippen molar-refractivity contribution in [2.75, 3.05) is 24.8 Å². The fourth-order valence-electron chi connectivity index (χ4n) is 3.79. The highest BCUT2D eigenvalue weighted by Gasteiger charge is 2.33. The molecule has 13 heteroatoms. The lowest BCUT2D eigenvalue weighted by atomic mass is 10.1. The fourth-order valence-corrected chi connectivity index (χ4v) is 4.56. The number of thioether (sulfide) groups is 1. The summed E-state index contributed by atoms with van der Waals surface area (Å²) in [5.41, 5.74) is -0.216. The Hall–Kier alpha value is -4.52. The topological polar surface area (TPSA) is 107 Å². The third kappa shape index (κ3) is 7.57. The second kappa shape index (κ2) is 13.2. The highest BCUT2D eigenvalue weighted by atomic mass is 32.2. The van der Waals surface area contributed by atoms with Gasteiger partial charge in [-0.3, -0.25) is 14.2 Å². The van der Waals surface area contributed by atoms with E-state index < -0.39 is 17.6 Å². The molecule has 0 spiro atoms. The van der Waals surface area contributed by atoms with Gasteiger partial charge < -0.3 is 20.1 Å². The number of methoxy groups -OCH3 is 1. The van der Waals surface area contributed by atoms with E-state index in [1.807, 2.05) is 6.92 Å². The van der Waals surface area contributed by atoms with Gasteiger partial charge in [0.1, 0.15) is 11.5 Å². The number of hydrogen-bond donors (Lipinski definition) is 2. The van der Waals surface area contributed by atoms with Crippen LogP contribution in [0.2, 0.25) is 0 Å². The minimum absolute atomic E-state index is 0.0107. The third-order valence-electron chi connectivity index (χ3n) is 5.70. The molecule has 1 aromatic heterocycles. The van der Waals surface area contributed by atoms with E-state index in [-0.39, 0.29) is 23.9 Å². The largest absolute Gasteiger partial charge is 0.497 e. The summed E-state index contributed by atoms with van der Waals surface area (Å²) in [6, 6.07) is 18.4. The molecule has 0 radical (unpaired) electrons. The van der Waals surface area contributed by atoms with Crippen molar-refractivity contribution < 1.29 is 32.2 Å². The standard InChI is InChI=1S/C28H26F3N5O4S/c1-3-40-21-14-10-19(11-15-21)36-24(16-32-26(38)18-8-12-20(39-2)13-9-18)34-35-27(36)41-17-25(37)33-23-7-5-4-6-22(23)28(29,30)31/h4-15H,3,16-17H2,1-2H3,(H,32,38)(H,33,37).